The normalized spacial score (nSPS) is 12.9. The van der Waals surface area contributed by atoms with Crippen molar-refractivity contribution in [2.45, 2.75) is 77.6 Å². The predicted molar refractivity (Wildman–Crippen MR) is 88.6 cm³/mol. The van der Waals surface area contributed by atoms with Crippen molar-refractivity contribution in [3.05, 3.63) is 12.2 Å². The molecule has 0 aliphatic rings. The molecule has 21 heavy (non-hydrogen) atoms. The highest BCUT2D eigenvalue weighted by Crippen LogP contribution is 2.13. The zero-order valence-corrected chi connectivity index (χ0v) is 14.0. The van der Waals surface area contributed by atoms with E-state index in [0.29, 0.717) is 6.61 Å². The summed E-state index contributed by atoms with van der Waals surface area (Å²) in [6.45, 7) is 2.57. The summed E-state index contributed by atoms with van der Waals surface area (Å²) in [6.07, 6.45) is 17.6. The maximum absolute atomic E-state index is 10.9. The Labute approximate surface area is 130 Å². The van der Waals surface area contributed by atoms with Crippen LogP contribution in [0.3, 0.4) is 0 Å². The van der Waals surface area contributed by atoms with Gasteiger partial charge in [-0.1, -0.05) is 57.6 Å². The van der Waals surface area contributed by atoms with Crippen molar-refractivity contribution in [1.82, 2.24) is 0 Å². The van der Waals surface area contributed by atoms with E-state index in [1.807, 2.05) is 0 Å². The van der Waals surface area contributed by atoms with E-state index in [0.717, 1.165) is 25.7 Å². The van der Waals surface area contributed by atoms with Crippen LogP contribution in [-0.2, 0) is 9.53 Å². The first kappa shape index (κ1) is 20.2. The summed E-state index contributed by atoms with van der Waals surface area (Å²) < 4.78 is 4.93. The SMILES string of the molecule is CCCCCCC=CCCCCCCC(COC)C(=O)O. The Morgan fingerprint density at radius 3 is 2.10 bits per heavy atom. The monoisotopic (exact) mass is 298 g/mol. The molecule has 3 heteroatoms. The van der Waals surface area contributed by atoms with Crippen molar-refractivity contribution in [2.75, 3.05) is 13.7 Å². The number of methoxy groups -OCH3 is 1. The van der Waals surface area contributed by atoms with E-state index in [9.17, 15) is 4.79 Å². The largest absolute Gasteiger partial charge is 0.481 e. The summed E-state index contributed by atoms with van der Waals surface area (Å²) in [6, 6.07) is 0. The van der Waals surface area contributed by atoms with Gasteiger partial charge in [-0.25, -0.2) is 0 Å². The minimum atomic E-state index is -0.733. The van der Waals surface area contributed by atoms with Gasteiger partial charge in [-0.05, 0) is 32.1 Å². The van der Waals surface area contributed by atoms with Crippen LogP contribution in [0.5, 0.6) is 0 Å². The van der Waals surface area contributed by atoms with Crippen LogP contribution in [-0.4, -0.2) is 24.8 Å². The van der Waals surface area contributed by atoms with Gasteiger partial charge in [0.25, 0.3) is 0 Å². The molecule has 0 aromatic carbocycles. The van der Waals surface area contributed by atoms with E-state index in [1.165, 1.54) is 44.9 Å². The second kappa shape index (κ2) is 15.6. The predicted octanol–water partition coefficient (Wildman–Crippen LogP) is 5.20. The van der Waals surface area contributed by atoms with Crippen LogP contribution in [0.15, 0.2) is 12.2 Å². The van der Waals surface area contributed by atoms with Gasteiger partial charge in [0.1, 0.15) is 0 Å². The molecule has 1 atom stereocenters. The van der Waals surface area contributed by atoms with Gasteiger partial charge in [-0.3, -0.25) is 4.79 Å². The minimum Gasteiger partial charge on any atom is -0.481 e. The van der Waals surface area contributed by atoms with Gasteiger partial charge in [0, 0.05) is 7.11 Å². The van der Waals surface area contributed by atoms with E-state index >= 15 is 0 Å². The van der Waals surface area contributed by atoms with Gasteiger partial charge in [-0.15, -0.1) is 0 Å². The molecular formula is C18H34O3. The summed E-state index contributed by atoms with van der Waals surface area (Å²) in [5.41, 5.74) is 0. The molecule has 0 rings (SSSR count). The second-order valence-corrected chi connectivity index (χ2v) is 5.80. The fraction of sp³-hybridized carbons (Fsp3) is 0.833. The summed E-state index contributed by atoms with van der Waals surface area (Å²) in [5.74, 6) is -1.07. The molecule has 0 saturated heterocycles. The fourth-order valence-corrected chi connectivity index (χ4v) is 2.41. The van der Waals surface area contributed by atoms with Crippen LogP contribution in [0, 0.1) is 5.92 Å². The number of carbonyl (C=O) groups is 1. The zero-order chi connectivity index (χ0) is 15.8. The van der Waals surface area contributed by atoms with Crippen molar-refractivity contribution in [3.8, 4) is 0 Å². The maximum Gasteiger partial charge on any atom is 0.308 e. The summed E-state index contributed by atoms with van der Waals surface area (Å²) >= 11 is 0. The molecule has 3 nitrogen and oxygen atoms in total. The number of rotatable bonds is 15. The lowest BCUT2D eigenvalue weighted by Crippen LogP contribution is -2.18. The molecule has 0 radical (unpaired) electrons. The Morgan fingerprint density at radius 2 is 1.57 bits per heavy atom. The number of allylic oxidation sites excluding steroid dienone is 2. The van der Waals surface area contributed by atoms with E-state index in [4.69, 9.17) is 9.84 Å². The third-order valence-electron chi connectivity index (χ3n) is 3.78. The lowest BCUT2D eigenvalue weighted by Gasteiger charge is -2.10. The summed E-state index contributed by atoms with van der Waals surface area (Å²) in [4.78, 5) is 10.9. The molecular weight excluding hydrogens is 264 g/mol. The second-order valence-electron chi connectivity index (χ2n) is 5.80. The van der Waals surface area contributed by atoms with Crippen LogP contribution >= 0.6 is 0 Å². The number of hydrogen-bond donors (Lipinski definition) is 1. The fourth-order valence-electron chi connectivity index (χ4n) is 2.41. The lowest BCUT2D eigenvalue weighted by molar-refractivity contribution is -0.143. The summed E-state index contributed by atoms with van der Waals surface area (Å²) in [5, 5.41) is 8.99. The molecule has 0 heterocycles. The smallest absolute Gasteiger partial charge is 0.308 e. The molecule has 0 bridgehead atoms. The highest BCUT2D eigenvalue weighted by atomic mass is 16.5. The quantitative estimate of drug-likeness (QED) is 0.334. The molecule has 0 saturated carbocycles. The van der Waals surface area contributed by atoms with Crippen molar-refractivity contribution in [2.24, 2.45) is 5.92 Å². The molecule has 0 aromatic heterocycles. The lowest BCUT2D eigenvalue weighted by atomic mass is 10.0. The molecule has 124 valence electrons. The standard InChI is InChI=1S/C18H34O3/c1-3-4-5-6-7-8-9-10-11-12-13-14-15-17(16-21-2)18(19)20/h8-9,17H,3-7,10-16H2,1-2H3,(H,19,20). The van der Waals surface area contributed by atoms with Crippen LogP contribution in [0.25, 0.3) is 0 Å². The van der Waals surface area contributed by atoms with E-state index in [1.54, 1.807) is 7.11 Å². The molecule has 0 aliphatic carbocycles. The van der Waals surface area contributed by atoms with Gasteiger partial charge in [0.2, 0.25) is 0 Å². The van der Waals surface area contributed by atoms with Gasteiger partial charge >= 0.3 is 5.97 Å². The van der Waals surface area contributed by atoms with Crippen molar-refractivity contribution in [1.29, 1.82) is 0 Å². The first-order valence-electron chi connectivity index (χ1n) is 8.59. The summed E-state index contributed by atoms with van der Waals surface area (Å²) in [7, 11) is 1.56. The van der Waals surface area contributed by atoms with Gasteiger partial charge in [0.15, 0.2) is 0 Å². The van der Waals surface area contributed by atoms with Crippen LogP contribution in [0.2, 0.25) is 0 Å². The Kier molecular flexibility index (Phi) is 14.9. The highest BCUT2D eigenvalue weighted by Gasteiger charge is 2.15. The Bertz CT molecular complexity index is 261. The average Bonchev–Trinajstić information content (AvgIpc) is 2.47. The number of hydrogen-bond acceptors (Lipinski definition) is 2. The first-order chi connectivity index (χ1) is 10.2. The van der Waals surface area contributed by atoms with Gasteiger partial charge in [0.05, 0.1) is 12.5 Å². The Hall–Kier alpha value is -0.830. The molecule has 0 fully saturated rings. The third-order valence-corrected chi connectivity index (χ3v) is 3.78. The Balaban J connectivity index is 3.35. The highest BCUT2D eigenvalue weighted by molar-refractivity contribution is 5.70. The molecule has 0 aliphatic heterocycles. The Morgan fingerprint density at radius 1 is 1.00 bits per heavy atom. The average molecular weight is 298 g/mol. The van der Waals surface area contributed by atoms with E-state index in [2.05, 4.69) is 19.1 Å². The molecule has 0 amide bonds. The van der Waals surface area contributed by atoms with E-state index < -0.39 is 5.97 Å². The topological polar surface area (TPSA) is 46.5 Å². The van der Waals surface area contributed by atoms with Gasteiger partial charge < -0.3 is 9.84 Å². The minimum absolute atomic E-state index is 0.329. The third kappa shape index (κ3) is 13.9. The van der Waals surface area contributed by atoms with Crippen molar-refractivity contribution >= 4 is 5.97 Å². The van der Waals surface area contributed by atoms with Crippen LogP contribution in [0.4, 0.5) is 0 Å². The number of carboxylic acids is 1. The number of carboxylic acid groups (broad SMARTS) is 1. The zero-order valence-electron chi connectivity index (χ0n) is 14.0. The van der Waals surface area contributed by atoms with Gasteiger partial charge in [-0.2, -0.15) is 0 Å². The molecule has 0 aromatic rings. The molecule has 0 spiro atoms. The van der Waals surface area contributed by atoms with Crippen LogP contribution in [0.1, 0.15) is 77.6 Å². The van der Waals surface area contributed by atoms with Crippen molar-refractivity contribution < 1.29 is 14.6 Å². The number of unbranched alkanes of at least 4 members (excludes halogenated alkanes) is 8. The maximum atomic E-state index is 10.9. The first-order valence-corrected chi connectivity index (χ1v) is 8.59. The number of aliphatic carboxylic acids is 1. The molecule has 1 unspecified atom stereocenters. The van der Waals surface area contributed by atoms with Crippen molar-refractivity contribution in [3.63, 3.8) is 0 Å². The van der Waals surface area contributed by atoms with Crippen LogP contribution < -0.4 is 0 Å². The van der Waals surface area contributed by atoms with E-state index in [-0.39, 0.29) is 5.92 Å². The molecule has 1 N–H and O–H groups in total. The number of ether oxygens (including phenoxy) is 1.